The molecule has 1 aliphatic carbocycles. The van der Waals surface area contributed by atoms with Crippen LogP contribution in [0.3, 0.4) is 0 Å². The van der Waals surface area contributed by atoms with Crippen molar-refractivity contribution in [2.45, 2.75) is 37.9 Å². The van der Waals surface area contributed by atoms with Gasteiger partial charge in [-0.3, -0.25) is 0 Å². The Hall–Kier alpha value is -2.51. The molecule has 2 aliphatic rings. The summed E-state index contributed by atoms with van der Waals surface area (Å²) in [6.45, 7) is 1.41. The lowest BCUT2D eigenvalue weighted by Crippen LogP contribution is -2.54. The lowest BCUT2D eigenvalue weighted by molar-refractivity contribution is -0.0903. The van der Waals surface area contributed by atoms with Gasteiger partial charge in [0.15, 0.2) is 11.6 Å². The first-order valence-corrected chi connectivity index (χ1v) is 7.93. The largest absolute Gasteiger partial charge is 0.335 e. The fraction of sp³-hybridized carbons (Fsp3) is 0.438. The molecule has 0 unspecified atom stereocenters. The average molecular weight is 333 g/mol. The molecule has 1 saturated carbocycles. The summed E-state index contributed by atoms with van der Waals surface area (Å²) in [6.07, 6.45) is -0.554. The number of halogens is 2. The summed E-state index contributed by atoms with van der Waals surface area (Å²) in [7, 11) is 0. The summed E-state index contributed by atoms with van der Waals surface area (Å²) in [6, 6.07) is 8.99. The van der Waals surface area contributed by atoms with Crippen molar-refractivity contribution in [1.82, 2.24) is 25.0 Å². The fourth-order valence-corrected chi connectivity index (χ4v) is 3.16. The first-order valence-electron chi connectivity index (χ1n) is 7.93. The molecule has 6 nitrogen and oxygen atoms in total. The van der Waals surface area contributed by atoms with Gasteiger partial charge >= 0.3 is 6.03 Å². The number of alkyl halides is 2. The number of amides is 2. The van der Waals surface area contributed by atoms with E-state index in [2.05, 4.69) is 15.5 Å². The topological polar surface area (TPSA) is 63.1 Å². The van der Waals surface area contributed by atoms with E-state index in [4.69, 9.17) is 0 Å². The molecule has 1 N–H and O–H groups in total. The molecule has 0 spiro atoms. The minimum Gasteiger partial charge on any atom is -0.335 e. The van der Waals surface area contributed by atoms with Gasteiger partial charge in [-0.15, -0.1) is 10.2 Å². The average Bonchev–Trinajstić information content (AvgIpc) is 2.97. The number of nitrogens with zero attached hydrogens (tertiary/aromatic N) is 4. The van der Waals surface area contributed by atoms with Crippen LogP contribution in [-0.4, -0.2) is 44.2 Å². The Kier molecular flexibility index (Phi) is 3.47. The van der Waals surface area contributed by atoms with Crippen LogP contribution in [0.1, 0.15) is 18.7 Å². The van der Waals surface area contributed by atoms with E-state index in [0.717, 1.165) is 11.4 Å². The highest BCUT2D eigenvalue weighted by molar-refractivity contribution is 5.74. The molecule has 24 heavy (non-hydrogen) atoms. The maximum Gasteiger partial charge on any atom is 0.318 e. The lowest BCUT2D eigenvalue weighted by atomic mass is 9.88. The SMILES string of the molecule is O=C(NC1CC(F)(F)C1)N1CCn2c(nnc2-c2ccccc2)C1. The van der Waals surface area contributed by atoms with Gasteiger partial charge < -0.3 is 14.8 Å². The van der Waals surface area contributed by atoms with Crippen molar-refractivity contribution in [3.05, 3.63) is 36.2 Å². The molecule has 0 radical (unpaired) electrons. The summed E-state index contributed by atoms with van der Waals surface area (Å²) < 4.78 is 27.7. The van der Waals surface area contributed by atoms with Crippen LogP contribution in [0.15, 0.2) is 30.3 Å². The Labute approximate surface area is 137 Å². The van der Waals surface area contributed by atoms with Crippen LogP contribution < -0.4 is 5.32 Å². The fourth-order valence-electron chi connectivity index (χ4n) is 3.16. The number of hydrogen-bond acceptors (Lipinski definition) is 3. The van der Waals surface area contributed by atoms with Crippen molar-refractivity contribution >= 4 is 6.03 Å². The molecule has 0 bridgehead atoms. The van der Waals surface area contributed by atoms with Gasteiger partial charge in [0.2, 0.25) is 0 Å². The molecule has 4 rings (SSSR count). The van der Waals surface area contributed by atoms with Crippen LogP contribution in [-0.2, 0) is 13.1 Å². The van der Waals surface area contributed by atoms with Gasteiger partial charge in [0.25, 0.3) is 5.92 Å². The lowest BCUT2D eigenvalue weighted by Gasteiger charge is -2.37. The molecule has 2 amide bonds. The van der Waals surface area contributed by atoms with Crippen LogP contribution in [0.4, 0.5) is 13.6 Å². The van der Waals surface area contributed by atoms with E-state index >= 15 is 0 Å². The summed E-state index contributed by atoms with van der Waals surface area (Å²) in [4.78, 5) is 13.8. The zero-order valence-corrected chi connectivity index (χ0v) is 13.0. The molecule has 126 valence electrons. The number of rotatable bonds is 2. The molecule has 2 heterocycles. The second kappa shape index (κ2) is 5.54. The van der Waals surface area contributed by atoms with Crippen LogP contribution in [0.25, 0.3) is 11.4 Å². The molecule has 1 fully saturated rings. The Bertz CT molecular complexity index is 753. The Morgan fingerprint density at radius 1 is 1.17 bits per heavy atom. The van der Waals surface area contributed by atoms with Gasteiger partial charge in [-0.25, -0.2) is 13.6 Å². The number of urea groups is 1. The zero-order chi connectivity index (χ0) is 16.7. The van der Waals surface area contributed by atoms with Gasteiger partial charge in [-0.2, -0.15) is 0 Å². The molecule has 0 atom stereocenters. The van der Waals surface area contributed by atoms with Crippen LogP contribution >= 0.6 is 0 Å². The van der Waals surface area contributed by atoms with Crippen molar-refractivity contribution in [2.75, 3.05) is 6.54 Å². The smallest absolute Gasteiger partial charge is 0.318 e. The van der Waals surface area contributed by atoms with Crippen molar-refractivity contribution in [3.8, 4) is 11.4 Å². The number of carbonyl (C=O) groups excluding carboxylic acids is 1. The maximum absolute atomic E-state index is 12.9. The van der Waals surface area contributed by atoms with Crippen LogP contribution in [0, 0.1) is 0 Å². The number of benzene rings is 1. The van der Waals surface area contributed by atoms with Crippen LogP contribution in [0.5, 0.6) is 0 Å². The summed E-state index contributed by atoms with van der Waals surface area (Å²) in [5.74, 6) is -1.15. The number of fused-ring (bicyclic) bond motifs is 1. The van der Waals surface area contributed by atoms with Gasteiger partial charge in [0.1, 0.15) is 0 Å². The highest BCUT2D eigenvalue weighted by atomic mass is 19.3. The van der Waals surface area contributed by atoms with E-state index in [0.29, 0.717) is 25.5 Å². The number of aromatic nitrogens is 3. The molecule has 1 aromatic heterocycles. The van der Waals surface area contributed by atoms with Crippen molar-refractivity contribution in [3.63, 3.8) is 0 Å². The molecule has 0 saturated heterocycles. The number of hydrogen-bond donors (Lipinski definition) is 1. The predicted molar refractivity (Wildman–Crippen MR) is 82.4 cm³/mol. The monoisotopic (exact) mass is 333 g/mol. The second-order valence-corrected chi connectivity index (χ2v) is 6.29. The highest BCUT2D eigenvalue weighted by Gasteiger charge is 2.46. The van der Waals surface area contributed by atoms with E-state index < -0.39 is 12.0 Å². The minimum atomic E-state index is -2.63. The number of carbonyl (C=O) groups is 1. The van der Waals surface area contributed by atoms with Crippen molar-refractivity contribution < 1.29 is 13.6 Å². The third-order valence-electron chi connectivity index (χ3n) is 4.49. The van der Waals surface area contributed by atoms with E-state index in [1.807, 2.05) is 34.9 Å². The van der Waals surface area contributed by atoms with E-state index in [-0.39, 0.29) is 18.9 Å². The third kappa shape index (κ3) is 2.72. The molecule has 1 aliphatic heterocycles. The van der Waals surface area contributed by atoms with Crippen LogP contribution in [0.2, 0.25) is 0 Å². The van der Waals surface area contributed by atoms with Gasteiger partial charge in [-0.1, -0.05) is 30.3 Å². The van der Waals surface area contributed by atoms with Crippen molar-refractivity contribution in [2.24, 2.45) is 0 Å². The molecule has 2 aromatic rings. The van der Waals surface area contributed by atoms with E-state index in [1.54, 1.807) is 4.90 Å². The second-order valence-electron chi connectivity index (χ2n) is 6.29. The quantitative estimate of drug-likeness (QED) is 0.917. The van der Waals surface area contributed by atoms with E-state index in [9.17, 15) is 13.6 Å². The molecular weight excluding hydrogens is 316 g/mol. The Morgan fingerprint density at radius 2 is 1.92 bits per heavy atom. The molecular formula is C16H17F2N5O. The zero-order valence-electron chi connectivity index (χ0n) is 13.0. The normalized spacial score (nSPS) is 19.5. The van der Waals surface area contributed by atoms with Crippen molar-refractivity contribution in [1.29, 1.82) is 0 Å². The van der Waals surface area contributed by atoms with Gasteiger partial charge in [0, 0.05) is 37.5 Å². The Balaban J connectivity index is 1.43. The summed E-state index contributed by atoms with van der Waals surface area (Å²) in [5.41, 5.74) is 0.978. The third-order valence-corrected chi connectivity index (χ3v) is 4.49. The molecule has 1 aromatic carbocycles. The first kappa shape index (κ1) is 15.0. The maximum atomic E-state index is 12.9. The van der Waals surface area contributed by atoms with Gasteiger partial charge in [0.05, 0.1) is 6.54 Å². The standard InChI is InChI=1S/C16H17F2N5O/c17-16(18)8-12(9-16)19-15(24)22-6-7-23-13(10-22)20-21-14(23)11-4-2-1-3-5-11/h1-5,12H,6-10H2,(H,19,24). The highest BCUT2D eigenvalue weighted by Crippen LogP contribution is 2.37. The minimum absolute atomic E-state index is 0.277. The van der Waals surface area contributed by atoms with Gasteiger partial charge in [-0.05, 0) is 0 Å². The summed E-state index contributed by atoms with van der Waals surface area (Å²) in [5, 5.41) is 11.1. The Morgan fingerprint density at radius 3 is 2.62 bits per heavy atom. The first-order chi connectivity index (χ1) is 11.5. The van der Waals surface area contributed by atoms with E-state index in [1.165, 1.54) is 0 Å². The summed E-state index contributed by atoms with van der Waals surface area (Å²) >= 11 is 0. The number of nitrogens with one attached hydrogen (secondary N) is 1. The predicted octanol–water partition coefficient (Wildman–Crippen LogP) is 2.27. The molecule has 8 heteroatoms.